The van der Waals surface area contributed by atoms with Crippen molar-refractivity contribution in [3.05, 3.63) is 58.7 Å². The molecule has 1 aliphatic rings. The van der Waals surface area contributed by atoms with E-state index in [1.165, 1.54) is 54.3 Å². The van der Waals surface area contributed by atoms with Crippen LogP contribution in [0.15, 0.2) is 41.6 Å². The van der Waals surface area contributed by atoms with E-state index in [2.05, 4.69) is 20.3 Å². The van der Waals surface area contributed by atoms with Crippen LogP contribution >= 0.6 is 0 Å². The molecule has 0 spiro atoms. The zero-order valence-electron chi connectivity index (χ0n) is 27.2. The first-order valence-electron chi connectivity index (χ1n) is 15.4. The quantitative estimate of drug-likeness (QED) is 0.283. The number of nitrogens with zero attached hydrogens (tertiary/aromatic N) is 7. The van der Waals surface area contributed by atoms with Crippen LogP contribution in [0.1, 0.15) is 56.3 Å². The second kappa shape index (κ2) is 15.9. The van der Waals surface area contributed by atoms with Crippen LogP contribution in [0.2, 0.25) is 0 Å². The number of rotatable bonds is 12. The fraction of sp³-hybridized carbons (Fsp3) is 0.516. The normalized spacial score (nSPS) is 15.8. The highest BCUT2D eigenvalue weighted by Crippen LogP contribution is 2.30. The molecule has 2 atom stereocenters. The lowest BCUT2D eigenvalue weighted by molar-refractivity contribution is -0.134. The second-order valence-electron chi connectivity index (χ2n) is 11.7. The average molecular weight is 677 g/mol. The van der Waals surface area contributed by atoms with Gasteiger partial charge in [-0.2, -0.15) is 13.2 Å². The molecule has 3 aromatic heterocycles. The number of allylic oxidation sites excluding steroid dienone is 1. The third-order valence-electron chi connectivity index (χ3n) is 7.50. The number of likely N-dealkylation sites (N-methyl/N-ethyl adjacent to an activating group) is 1. The Labute approximate surface area is 274 Å². The van der Waals surface area contributed by atoms with E-state index in [4.69, 9.17) is 9.47 Å². The number of ether oxygens (including phenoxy) is 2. The average Bonchev–Trinajstić information content (AvgIpc) is 3.41. The molecular weight excluding hydrogens is 637 g/mol. The predicted molar refractivity (Wildman–Crippen MR) is 168 cm³/mol. The lowest BCUT2D eigenvalue weighted by Crippen LogP contribution is -2.37. The molecule has 1 unspecified atom stereocenters. The Morgan fingerprint density at radius 2 is 1.94 bits per heavy atom. The Balaban J connectivity index is 1.61. The standard InChI is InChI=1S/C31H39F3N8O6/c1-39(2)24(43)12-6-5-11-22(48-30(46)40(3)4)28(44)37-21-10-9-16-41(29(21)45)18-23-38-26-20(14-15-31(32,33)34)35-19-36-27(26)42(23)25-13-7-8-17-47-25/h6,9-10,12,16,19,22,25H,5,7-8,11,13-15,17-18H2,1-4H3,(H,37,44)/b12-6+/t22-,25?/m0/s1. The number of anilines is 1. The number of carbonyl (C=O) groups excluding carboxylic acids is 3. The Morgan fingerprint density at radius 1 is 1.17 bits per heavy atom. The van der Waals surface area contributed by atoms with Crippen molar-refractivity contribution in [1.82, 2.24) is 33.9 Å². The van der Waals surface area contributed by atoms with Gasteiger partial charge in [-0.05, 0) is 50.3 Å². The van der Waals surface area contributed by atoms with Crippen molar-refractivity contribution in [2.75, 3.05) is 40.1 Å². The maximum atomic E-state index is 13.6. The molecule has 0 aromatic carbocycles. The van der Waals surface area contributed by atoms with Crippen molar-refractivity contribution < 1.29 is 37.0 Å². The minimum atomic E-state index is -4.39. The number of pyridine rings is 1. The number of aromatic nitrogens is 5. The zero-order chi connectivity index (χ0) is 35.0. The van der Waals surface area contributed by atoms with Gasteiger partial charge >= 0.3 is 12.3 Å². The van der Waals surface area contributed by atoms with Gasteiger partial charge in [0.15, 0.2) is 11.8 Å². The summed E-state index contributed by atoms with van der Waals surface area (Å²) >= 11 is 0. The first-order valence-corrected chi connectivity index (χ1v) is 15.4. The highest BCUT2D eigenvalue weighted by atomic mass is 19.4. The lowest BCUT2D eigenvalue weighted by Gasteiger charge is -2.25. The summed E-state index contributed by atoms with van der Waals surface area (Å²) in [6.45, 7) is 0.347. The van der Waals surface area contributed by atoms with E-state index in [-0.39, 0.29) is 42.2 Å². The lowest BCUT2D eigenvalue weighted by atomic mass is 10.1. The van der Waals surface area contributed by atoms with Crippen LogP contribution in [0.5, 0.6) is 0 Å². The molecule has 1 fully saturated rings. The summed E-state index contributed by atoms with van der Waals surface area (Å²) in [6, 6.07) is 2.93. The number of carbonyl (C=O) groups is 3. The molecule has 0 bridgehead atoms. The Kier molecular flexibility index (Phi) is 11.9. The third kappa shape index (κ3) is 9.39. The van der Waals surface area contributed by atoms with Crippen molar-refractivity contribution in [2.24, 2.45) is 0 Å². The van der Waals surface area contributed by atoms with Gasteiger partial charge in [0.25, 0.3) is 11.5 Å². The number of aryl methyl sites for hydroxylation is 1. The fourth-order valence-electron chi connectivity index (χ4n) is 4.96. The molecule has 3 aromatic rings. The summed E-state index contributed by atoms with van der Waals surface area (Å²) in [5.41, 5.74) is -0.0926. The number of hydrogen-bond acceptors (Lipinski definition) is 9. The summed E-state index contributed by atoms with van der Waals surface area (Å²) in [5, 5.41) is 2.55. The van der Waals surface area contributed by atoms with Gasteiger partial charge in [0.05, 0.1) is 12.2 Å². The van der Waals surface area contributed by atoms with Crippen molar-refractivity contribution in [3.8, 4) is 0 Å². The molecule has 0 radical (unpaired) electrons. The van der Waals surface area contributed by atoms with Crippen molar-refractivity contribution in [3.63, 3.8) is 0 Å². The zero-order valence-corrected chi connectivity index (χ0v) is 27.2. The van der Waals surface area contributed by atoms with Gasteiger partial charge < -0.3 is 29.2 Å². The van der Waals surface area contributed by atoms with Crippen LogP contribution in [-0.4, -0.2) is 98.9 Å². The van der Waals surface area contributed by atoms with Gasteiger partial charge in [-0.3, -0.25) is 19.0 Å². The van der Waals surface area contributed by atoms with Gasteiger partial charge in [-0.15, -0.1) is 0 Å². The van der Waals surface area contributed by atoms with E-state index in [1.807, 2.05) is 0 Å². The highest BCUT2D eigenvalue weighted by molar-refractivity contribution is 5.95. The molecule has 17 heteroatoms. The summed E-state index contributed by atoms with van der Waals surface area (Å²) in [6.07, 6.45) is -0.289. The molecule has 14 nitrogen and oxygen atoms in total. The topological polar surface area (TPSA) is 154 Å². The highest BCUT2D eigenvalue weighted by Gasteiger charge is 2.30. The summed E-state index contributed by atoms with van der Waals surface area (Å²) in [7, 11) is 6.11. The maximum absolute atomic E-state index is 13.6. The minimum absolute atomic E-state index is 0.0345. The maximum Gasteiger partial charge on any atom is 0.410 e. The molecule has 0 aliphatic carbocycles. The van der Waals surface area contributed by atoms with Crippen molar-refractivity contribution >= 4 is 34.8 Å². The Bertz CT molecular complexity index is 1700. The Hall–Kier alpha value is -4.80. The fourth-order valence-corrected chi connectivity index (χ4v) is 4.96. The molecule has 0 saturated carbocycles. The molecule has 4 heterocycles. The van der Waals surface area contributed by atoms with E-state index in [0.717, 1.165) is 17.7 Å². The predicted octanol–water partition coefficient (Wildman–Crippen LogP) is 3.66. The molecule has 1 saturated heterocycles. The van der Waals surface area contributed by atoms with Gasteiger partial charge in [0.2, 0.25) is 5.91 Å². The van der Waals surface area contributed by atoms with E-state index in [1.54, 1.807) is 24.7 Å². The monoisotopic (exact) mass is 676 g/mol. The van der Waals surface area contributed by atoms with Gasteiger partial charge in [0, 0.05) is 53.8 Å². The molecule has 48 heavy (non-hydrogen) atoms. The molecule has 1 aliphatic heterocycles. The number of alkyl halides is 3. The second-order valence-corrected chi connectivity index (χ2v) is 11.7. The summed E-state index contributed by atoms with van der Waals surface area (Å²) in [5.74, 6) is -0.688. The van der Waals surface area contributed by atoms with E-state index in [9.17, 15) is 32.3 Å². The SMILES string of the molecule is CN(C)C(=O)/C=C/CC[C@H](OC(=O)N(C)C)C(=O)Nc1cccn(Cc2nc3c(CCC(F)(F)F)ncnc3n2C2CCCCO2)c1=O. The van der Waals surface area contributed by atoms with Crippen LogP contribution in [-0.2, 0) is 32.0 Å². The van der Waals surface area contributed by atoms with Crippen molar-refractivity contribution in [1.29, 1.82) is 0 Å². The van der Waals surface area contributed by atoms with E-state index < -0.39 is 48.9 Å². The van der Waals surface area contributed by atoms with Crippen molar-refractivity contribution in [2.45, 2.75) is 70.0 Å². The molecular formula is C31H39F3N8O6. The Morgan fingerprint density at radius 3 is 2.60 bits per heavy atom. The summed E-state index contributed by atoms with van der Waals surface area (Å²) in [4.78, 5) is 66.6. The number of amides is 3. The van der Waals surface area contributed by atoms with Crippen LogP contribution in [0.25, 0.3) is 11.2 Å². The van der Waals surface area contributed by atoms with Crippen LogP contribution < -0.4 is 10.9 Å². The van der Waals surface area contributed by atoms with Gasteiger partial charge in [0.1, 0.15) is 29.6 Å². The molecule has 3 amide bonds. The number of imidazole rings is 1. The minimum Gasteiger partial charge on any atom is -0.436 e. The van der Waals surface area contributed by atoms with Crippen LogP contribution in [0.3, 0.4) is 0 Å². The van der Waals surface area contributed by atoms with E-state index >= 15 is 0 Å². The number of halogens is 3. The first kappa shape index (κ1) is 36.0. The smallest absolute Gasteiger partial charge is 0.410 e. The number of hydrogen-bond donors (Lipinski definition) is 1. The third-order valence-corrected chi connectivity index (χ3v) is 7.50. The molecule has 1 N–H and O–H groups in total. The van der Waals surface area contributed by atoms with Crippen LogP contribution in [0, 0.1) is 0 Å². The van der Waals surface area contributed by atoms with Crippen LogP contribution in [0.4, 0.5) is 23.7 Å². The molecule has 4 rings (SSSR count). The first-order chi connectivity index (χ1) is 22.7. The largest absolute Gasteiger partial charge is 0.436 e. The van der Waals surface area contributed by atoms with E-state index in [0.29, 0.717) is 24.5 Å². The van der Waals surface area contributed by atoms with Gasteiger partial charge in [-0.25, -0.2) is 19.7 Å². The molecule has 260 valence electrons. The summed E-state index contributed by atoms with van der Waals surface area (Å²) < 4.78 is 53.5. The number of nitrogens with one attached hydrogen (secondary N) is 1. The van der Waals surface area contributed by atoms with Gasteiger partial charge in [-0.1, -0.05) is 6.08 Å². The number of fused-ring (bicyclic) bond motifs is 1.